The van der Waals surface area contributed by atoms with Gasteiger partial charge in [0.15, 0.2) is 0 Å². The van der Waals surface area contributed by atoms with Gasteiger partial charge in [0.25, 0.3) is 0 Å². The Bertz CT molecular complexity index is 592. The van der Waals surface area contributed by atoms with Gasteiger partial charge in [-0.15, -0.1) is 11.8 Å². The van der Waals surface area contributed by atoms with Crippen molar-refractivity contribution in [3.8, 4) is 5.75 Å². The summed E-state index contributed by atoms with van der Waals surface area (Å²) >= 11 is 11.0. The number of thioether (sulfide) groups is 1. The molecule has 2 aromatic carbocycles. The number of methoxy groups -OCH3 is 1. The highest BCUT2D eigenvalue weighted by molar-refractivity contribution is 9.10. The third-order valence-corrected chi connectivity index (χ3v) is 5.00. The summed E-state index contributed by atoms with van der Waals surface area (Å²) in [6.07, 6.45) is -0.557. The molecule has 0 aliphatic heterocycles. The first-order valence-corrected chi connectivity index (χ1v) is 8.16. The molecule has 2 aromatic rings. The summed E-state index contributed by atoms with van der Waals surface area (Å²) in [6.45, 7) is 0. The molecule has 1 unspecified atom stereocenters. The maximum Gasteiger partial charge on any atom is 0.133 e. The summed E-state index contributed by atoms with van der Waals surface area (Å²) in [5, 5.41) is 10.9. The second-order valence-electron chi connectivity index (χ2n) is 4.15. The number of hydrogen-bond donors (Lipinski definition) is 1. The number of aliphatic hydroxyl groups is 1. The molecule has 2 rings (SSSR count). The molecule has 0 aliphatic rings. The van der Waals surface area contributed by atoms with Crippen LogP contribution >= 0.6 is 39.3 Å². The Morgan fingerprint density at radius 1 is 1.30 bits per heavy atom. The summed E-state index contributed by atoms with van der Waals surface area (Å²) in [5.74, 6) is 1.29. The molecule has 5 heteroatoms. The predicted molar refractivity (Wildman–Crippen MR) is 87.8 cm³/mol. The molecule has 0 bridgehead atoms. The molecule has 0 radical (unpaired) electrons. The largest absolute Gasteiger partial charge is 0.496 e. The van der Waals surface area contributed by atoms with Crippen LogP contribution in [-0.4, -0.2) is 18.0 Å². The van der Waals surface area contributed by atoms with Crippen molar-refractivity contribution in [3.05, 3.63) is 57.5 Å². The molecule has 0 aliphatic carbocycles. The Kier molecular flexibility index (Phi) is 5.78. The van der Waals surface area contributed by atoms with E-state index in [-0.39, 0.29) is 0 Å². The van der Waals surface area contributed by atoms with Crippen molar-refractivity contribution in [2.24, 2.45) is 0 Å². The molecular weight excluding hydrogens is 360 g/mol. The molecule has 0 saturated carbocycles. The second-order valence-corrected chi connectivity index (χ2v) is 6.47. The molecule has 0 saturated heterocycles. The van der Waals surface area contributed by atoms with E-state index < -0.39 is 6.10 Å². The lowest BCUT2D eigenvalue weighted by Crippen LogP contribution is -2.01. The summed E-state index contributed by atoms with van der Waals surface area (Å²) in [7, 11) is 1.61. The smallest absolute Gasteiger partial charge is 0.133 e. The lowest BCUT2D eigenvalue weighted by atomic mass is 10.1. The highest BCUT2D eigenvalue weighted by atomic mass is 79.9. The minimum Gasteiger partial charge on any atom is -0.496 e. The van der Waals surface area contributed by atoms with Gasteiger partial charge in [-0.05, 0) is 45.8 Å². The fourth-order valence-electron chi connectivity index (χ4n) is 1.72. The van der Waals surface area contributed by atoms with E-state index in [4.69, 9.17) is 16.3 Å². The molecular formula is C15H14BrClO2S. The second kappa shape index (κ2) is 7.36. The van der Waals surface area contributed by atoms with Crippen molar-refractivity contribution in [2.45, 2.75) is 11.0 Å². The fourth-order valence-corrected chi connectivity index (χ4v) is 3.48. The highest BCUT2D eigenvalue weighted by Crippen LogP contribution is 2.32. The van der Waals surface area contributed by atoms with Gasteiger partial charge >= 0.3 is 0 Å². The van der Waals surface area contributed by atoms with Crippen LogP contribution in [-0.2, 0) is 0 Å². The van der Waals surface area contributed by atoms with E-state index in [0.717, 1.165) is 20.7 Å². The van der Waals surface area contributed by atoms with Crippen LogP contribution in [0.5, 0.6) is 5.75 Å². The highest BCUT2D eigenvalue weighted by Gasteiger charge is 2.11. The van der Waals surface area contributed by atoms with Gasteiger partial charge in [-0.3, -0.25) is 0 Å². The molecule has 0 amide bonds. The average Bonchev–Trinajstić information content (AvgIpc) is 2.46. The average molecular weight is 374 g/mol. The number of halogens is 2. The predicted octanol–water partition coefficient (Wildman–Crippen LogP) is 4.94. The van der Waals surface area contributed by atoms with Gasteiger partial charge in [-0.2, -0.15) is 0 Å². The van der Waals surface area contributed by atoms with E-state index >= 15 is 0 Å². The SMILES string of the molecule is COc1ccc(C(O)CSc2ccccc2Cl)cc1Br. The van der Waals surface area contributed by atoms with E-state index in [1.54, 1.807) is 7.11 Å². The van der Waals surface area contributed by atoms with Gasteiger partial charge in [0.1, 0.15) is 5.75 Å². The molecule has 1 N–H and O–H groups in total. The minimum absolute atomic E-state index is 0.544. The summed E-state index contributed by atoms with van der Waals surface area (Å²) in [4.78, 5) is 0.973. The molecule has 2 nitrogen and oxygen atoms in total. The van der Waals surface area contributed by atoms with Crippen LogP contribution in [0.1, 0.15) is 11.7 Å². The number of ether oxygens (including phenoxy) is 1. The standard InChI is InChI=1S/C15H14BrClO2S/c1-19-14-7-6-10(8-11(14)16)13(18)9-20-15-5-3-2-4-12(15)17/h2-8,13,18H,9H2,1H3. The van der Waals surface area contributed by atoms with Gasteiger partial charge in [0, 0.05) is 10.6 Å². The lowest BCUT2D eigenvalue weighted by Gasteiger charge is -2.13. The van der Waals surface area contributed by atoms with Crippen LogP contribution in [0.15, 0.2) is 51.8 Å². The Balaban J connectivity index is 2.03. The molecule has 20 heavy (non-hydrogen) atoms. The van der Waals surface area contributed by atoms with Gasteiger partial charge in [0.2, 0.25) is 0 Å². The van der Waals surface area contributed by atoms with E-state index in [0.29, 0.717) is 10.8 Å². The van der Waals surface area contributed by atoms with Crippen molar-refractivity contribution in [2.75, 3.05) is 12.9 Å². The van der Waals surface area contributed by atoms with Crippen LogP contribution in [0, 0.1) is 0 Å². The number of aliphatic hydroxyl groups excluding tert-OH is 1. The van der Waals surface area contributed by atoms with Gasteiger partial charge in [-0.25, -0.2) is 0 Å². The van der Waals surface area contributed by atoms with Gasteiger partial charge in [-0.1, -0.05) is 29.8 Å². The quantitative estimate of drug-likeness (QED) is 0.753. The zero-order valence-corrected chi connectivity index (χ0v) is 14.0. The summed E-state index contributed by atoms with van der Waals surface area (Å²) in [5.41, 5.74) is 0.845. The van der Waals surface area contributed by atoms with Crippen LogP contribution in [0.4, 0.5) is 0 Å². The summed E-state index contributed by atoms with van der Waals surface area (Å²) in [6, 6.07) is 13.2. The lowest BCUT2D eigenvalue weighted by molar-refractivity contribution is 0.204. The van der Waals surface area contributed by atoms with Crippen molar-refractivity contribution in [3.63, 3.8) is 0 Å². The van der Waals surface area contributed by atoms with Crippen LogP contribution in [0.25, 0.3) is 0 Å². The maximum absolute atomic E-state index is 10.2. The first kappa shape index (κ1) is 15.7. The first-order valence-electron chi connectivity index (χ1n) is 6.00. The van der Waals surface area contributed by atoms with Crippen molar-refractivity contribution >= 4 is 39.3 Å². The minimum atomic E-state index is -0.557. The maximum atomic E-state index is 10.2. The van der Waals surface area contributed by atoms with Crippen LogP contribution < -0.4 is 4.74 Å². The van der Waals surface area contributed by atoms with Crippen molar-refractivity contribution in [1.29, 1.82) is 0 Å². The Morgan fingerprint density at radius 3 is 2.70 bits per heavy atom. The number of rotatable bonds is 5. The molecule has 106 valence electrons. The van der Waals surface area contributed by atoms with Gasteiger partial charge in [0.05, 0.1) is 22.7 Å². The van der Waals surface area contributed by atoms with E-state index in [1.165, 1.54) is 11.8 Å². The fraction of sp³-hybridized carbons (Fsp3) is 0.200. The number of hydrogen-bond acceptors (Lipinski definition) is 3. The zero-order chi connectivity index (χ0) is 14.5. The number of benzene rings is 2. The molecule has 0 fully saturated rings. The van der Waals surface area contributed by atoms with Gasteiger partial charge < -0.3 is 9.84 Å². The van der Waals surface area contributed by atoms with Crippen molar-refractivity contribution < 1.29 is 9.84 Å². The van der Waals surface area contributed by atoms with Crippen molar-refractivity contribution in [1.82, 2.24) is 0 Å². The van der Waals surface area contributed by atoms with E-state index in [9.17, 15) is 5.11 Å². The third-order valence-electron chi connectivity index (χ3n) is 2.79. The molecule has 0 aromatic heterocycles. The molecule has 0 spiro atoms. The zero-order valence-electron chi connectivity index (χ0n) is 10.8. The third kappa shape index (κ3) is 3.92. The van der Waals surface area contributed by atoms with E-state index in [2.05, 4.69) is 15.9 Å². The first-order chi connectivity index (χ1) is 9.61. The Morgan fingerprint density at radius 2 is 2.05 bits per heavy atom. The Hall–Kier alpha value is -0.680. The topological polar surface area (TPSA) is 29.5 Å². The van der Waals surface area contributed by atoms with E-state index in [1.807, 2.05) is 42.5 Å². The monoisotopic (exact) mass is 372 g/mol. The van der Waals surface area contributed by atoms with Crippen LogP contribution in [0.2, 0.25) is 5.02 Å². The summed E-state index contributed by atoms with van der Waals surface area (Å²) < 4.78 is 6.01. The Labute approximate surface area is 136 Å². The molecule has 1 atom stereocenters. The normalized spacial score (nSPS) is 12.2. The molecule has 0 heterocycles. The van der Waals surface area contributed by atoms with Crippen LogP contribution in [0.3, 0.4) is 0 Å².